The molecular weight excluding hydrogens is 266 g/mol. The molecule has 0 radical (unpaired) electrons. The maximum Gasteiger partial charge on any atom is 0.323 e. The second kappa shape index (κ2) is 6.27. The van der Waals surface area contributed by atoms with Crippen molar-refractivity contribution in [1.29, 1.82) is 0 Å². The van der Waals surface area contributed by atoms with Gasteiger partial charge >= 0.3 is 5.97 Å². The van der Waals surface area contributed by atoms with Crippen LogP contribution in [0.2, 0.25) is 0 Å². The molecule has 1 aliphatic carbocycles. The first-order valence-electron chi connectivity index (χ1n) is 7.29. The van der Waals surface area contributed by atoms with Crippen LogP contribution in [0, 0.1) is 17.8 Å². The van der Waals surface area contributed by atoms with Crippen molar-refractivity contribution in [2.75, 3.05) is 0 Å². The average Bonchev–Trinajstić information content (AvgIpc) is 3.17. The van der Waals surface area contributed by atoms with E-state index in [1.165, 1.54) is 12.8 Å². The van der Waals surface area contributed by atoms with Crippen LogP contribution < -0.4 is 16.4 Å². The quantitative estimate of drug-likeness (QED) is 0.616. The summed E-state index contributed by atoms with van der Waals surface area (Å²) in [7, 11) is 0. The van der Waals surface area contributed by atoms with Crippen LogP contribution in [-0.2, 0) is 11.2 Å². The highest BCUT2D eigenvalue weighted by molar-refractivity contribution is 5.74. The smallest absolute Gasteiger partial charge is 0.323 e. The molecule has 2 unspecified atom stereocenters. The van der Waals surface area contributed by atoms with Crippen LogP contribution in [0.3, 0.4) is 0 Å². The summed E-state index contributed by atoms with van der Waals surface area (Å²) in [5, 5.41) is 9.09. The Balaban J connectivity index is 1.58. The van der Waals surface area contributed by atoms with Crippen LogP contribution in [-0.4, -0.2) is 23.2 Å². The summed E-state index contributed by atoms with van der Waals surface area (Å²) in [5.74, 6) is 6.37. The van der Waals surface area contributed by atoms with E-state index in [1.807, 2.05) is 24.3 Å². The zero-order valence-electron chi connectivity index (χ0n) is 11.7. The van der Waals surface area contributed by atoms with Crippen LogP contribution in [0.4, 0.5) is 0 Å². The van der Waals surface area contributed by atoms with Crippen LogP contribution in [0.5, 0.6) is 0 Å². The topological polar surface area (TPSA) is 73.4 Å². The second-order valence-electron chi connectivity index (χ2n) is 5.69. The number of carboxylic acids is 1. The molecule has 110 valence electrons. The summed E-state index contributed by atoms with van der Waals surface area (Å²) in [4.78, 5) is 11.1. The zero-order chi connectivity index (χ0) is 14.7. The number of benzene rings is 1. The molecular formula is C16H19N3O2. The Morgan fingerprint density at radius 1 is 1.24 bits per heavy atom. The maximum atomic E-state index is 11.1. The number of hydrazine groups is 2. The number of aliphatic carboxylic acids is 1. The predicted molar refractivity (Wildman–Crippen MR) is 79.0 cm³/mol. The molecule has 0 amide bonds. The maximum absolute atomic E-state index is 11.1. The van der Waals surface area contributed by atoms with Crippen LogP contribution in [0.25, 0.3) is 0 Å². The van der Waals surface area contributed by atoms with E-state index < -0.39 is 12.0 Å². The van der Waals surface area contributed by atoms with Crippen molar-refractivity contribution in [2.24, 2.45) is 5.92 Å². The predicted octanol–water partition coefficient (Wildman–Crippen LogP) is 0.815. The lowest BCUT2D eigenvalue weighted by Gasteiger charge is -2.13. The van der Waals surface area contributed by atoms with E-state index in [0.29, 0.717) is 6.42 Å². The highest BCUT2D eigenvalue weighted by atomic mass is 16.4. The van der Waals surface area contributed by atoms with E-state index in [-0.39, 0.29) is 6.04 Å². The third kappa shape index (κ3) is 3.82. The minimum absolute atomic E-state index is 0.172. The standard InChI is InChI=1S/C16H19N3O2/c20-16(21)15-14(17-19-18-15)10-13-8-6-12(7-9-13)3-1-2-11-4-5-11/h6-9,11,14-15,17-19H,2,4-5,10H2,(H,20,21). The van der Waals surface area contributed by atoms with Crippen molar-refractivity contribution >= 4 is 5.97 Å². The molecule has 21 heavy (non-hydrogen) atoms. The highest BCUT2D eigenvalue weighted by Gasteiger charge is 2.32. The molecule has 1 heterocycles. The molecule has 1 aromatic rings. The third-order valence-electron chi connectivity index (χ3n) is 3.88. The molecule has 5 heteroatoms. The number of nitrogens with one attached hydrogen (secondary N) is 3. The molecule has 2 fully saturated rings. The van der Waals surface area contributed by atoms with E-state index in [9.17, 15) is 4.79 Å². The van der Waals surface area contributed by atoms with Crippen molar-refractivity contribution in [3.05, 3.63) is 35.4 Å². The van der Waals surface area contributed by atoms with E-state index in [4.69, 9.17) is 5.11 Å². The number of hydrogen-bond acceptors (Lipinski definition) is 4. The van der Waals surface area contributed by atoms with E-state index in [0.717, 1.165) is 23.5 Å². The molecule has 0 aromatic heterocycles. The minimum atomic E-state index is -0.861. The summed E-state index contributed by atoms with van der Waals surface area (Å²) in [6, 6.07) is 7.24. The Bertz CT molecular complexity index is 569. The Labute approximate surface area is 124 Å². The Kier molecular flexibility index (Phi) is 4.20. The molecule has 1 aliphatic heterocycles. The number of carbonyl (C=O) groups is 1. The molecule has 0 spiro atoms. The van der Waals surface area contributed by atoms with E-state index in [2.05, 4.69) is 28.2 Å². The average molecular weight is 285 g/mol. The van der Waals surface area contributed by atoms with Crippen LogP contribution in [0.15, 0.2) is 24.3 Å². The first-order chi connectivity index (χ1) is 10.2. The normalized spacial score (nSPS) is 24.4. The number of hydrogen-bond donors (Lipinski definition) is 4. The summed E-state index contributed by atoms with van der Waals surface area (Å²) in [6.07, 6.45) is 4.31. The van der Waals surface area contributed by atoms with Gasteiger partial charge in [0.25, 0.3) is 0 Å². The second-order valence-corrected chi connectivity index (χ2v) is 5.69. The van der Waals surface area contributed by atoms with Gasteiger partial charge in [-0.05, 0) is 42.9 Å². The SMILES string of the molecule is O=C(O)C1NNNC1Cc1ccc(C#CCC2CC2)cc1. The van der Waals surface area contributed by atoms with Gasteiger partial charge in [-0.25, -0.2) is 10.9 Å². The summed E-state index contributed by atoms with van der Waals surface area (Å²) in [5.41, 5.74) is 10.4. The first kappa shape index (κ1) is 14.1. The lowest BCUT2D eigenvalue weighted by molar-refractivity contribution is -0.139. The lowest BCUT2D eigenvalue weighted by Crippen LogP contribution is -2.41. The summed E-state index contributed by atoms with van der Waals surface area (Å²) >= 11 is 0. The van der Waals surface area contributed by atoms with Gasteiger partial charge in [0.2, 0.25) is 0 Å². The Morgan fingerprint density at radius 2 is 2.00 bits per heavy atom. The minimum Gasteiger partial charge on any atom is -0.480 e. The lowest BCUT2D eigenvalue weighted by atomic mass is 10.00. The highest BCUT2D eigenvalue weighted by Crippen LogP contribution is 2.31. The van der Waals surface area contributed by atoms with Crippen molar-refractivity contribution in [3.8, 4) is 11.8 Å². The fraction of sp³-hybridized carbons (Fsp3) is 0.438. The van der Waals surface area contributed by atoms with Crippen molar-refractivity contribution in [1.82, 2.24) is 16.4 Å². The van der Waals surface area contributed by atoms with E-state index >= 15 is 0 Å². The molecule has 2 atom stereocenters. The number of rotatable bonds is 4. The first-order valence-corrected chi connectivity index (χ1v) is 7.29. The van der Waals surface area contributed by atoms with E-state index in [1.54, 1.807) is 0 Å². The molecule has 3 rings (SSSR count). The summed E-state index contributed by atoms with van der Waals surface area (Å²) < 4.78 is 0. The van der Waals surface area contributed by atoms with Gasteiger partial charge in [0.1, 0.15) is 6.04 Å². The van der Waals surface area contributed by atoms with Gasteiger partial charge in [-0.15, -0.1) is 0 Å². The summed E-state index contributed by atoms with van der Waals surface area (Å²) in [6.45, 7) is 0. The fourth-order valence-electron chi connectivity index (χ4n) is 2.40. The monoisotopic (exact) mass is 285 g/mol. The van der Waals surface area contributed by atoms with Gasteiger partial charge in [-0.1, -0.05) is 24.0 Å². The Hall–Kier alpha value is -1.87. The van der Waals surface area contributed by atoms with Crippen molar-refractivity contribution in [3.63, 3.8) is 0 Å². The van der Waals surface area contributed by atoms with Gasteiger partial charge in [-0.3, -0.25) is 4.79 Å². The fourth-order valence-corrected chi connectivity index (χ4v) is 2.40. The Morgan fingerprint density at radius 3 is 2.67 bits per heavy atom. The molecule has 1 saturated heterocycles. The van der Waals surface area contributed by atoms with Crippen LogP contribution in [0.1, 0.15) is 30.4 Å². The van der Waals surface area contributed by atoms with Crippen LogP contribution >= 0.6 is 0 Å². The molecule has 2 aliphatic rings. The van der Waals surface area contributed by atoms with Gasteiger partial charge in [-0.2, -0.15) is 5.53 Å². The van der Waals surface area contributed by atoms with Gasteiger partial charge in [0, 0.05) is 12.0 Å². The van der Waals surface area contributed by atoms with Gasteiger partial charge < -0.3 is 5.11 Å². The molecule has 4 N–H and O–H groups in total. The molecule has 5 nitrogen and oxygen atoms in total. The third-order valence-corrected chi connectivity index (χ3v) is 3.88. The zero-order valence-corrected chi connectivity index (χ0v) is 11.7. The molecule has 1 saturated carbocycles. The largest absolute Gasteiger partial charge is 0.480 e. The molecule has 1 aromatic carbocycles. The van der Waals surface area contributed by atoms with Gasteiger partial charge in [0.05, 0.1) is 6.04 Å². The van der Waals surface area contributed by atoms with Crippen molar-refractivity contribution in [2.45, 2.75) is 37.8 Å². The molecule has 0 bridgehead atoms. The number of carboxylic acid groups (broad SMARTS) is 1. The van der Waals surface area contributed by atoms with Crippen molar-refractivity contribution < 1.29 is 9.90 Å². The van der Waals surface area contributed by atoms with Gasteiger partial charge in [0.15, 0.2) is 0 Å².